The Balaban J connectivity index is 1.84. The highest BCUT2D eigenvalue weighted by atomic mass is 16.5. The van der Waals surface area contributed by atoms with Crippen LogP contribution in [-0.4, -0.2) is 42.5 Å². The van der Waals surface area contributed by atoms with Crippen LogP contribution in [0.25, 0.3) is 0 Å². The first-order chi connectivity index (χ1) is 7.98. The van der Waals surface area contributed by atoms with Gasteiger partial charge in [0.2, 0.25) is 0 Å². The van der Waals surface area contributed by atoms with E-state index < -0.39 is 0 Å². The second-order valence-electron chi connectivity index (χ2n) is 6.37. The maximum Gasteiger partial charge on any atom is 0.139 e. The average molecular weight is 239 g/mol. The fourth-order valence-corrected chi connectivity index (χ4v) is 2.90. The van der Waals surface area contributed by atoms with Crippen LogP contribution in [0, 0.1) is 5.41 Å². The molecular formula is C14H25NO2. The van der Waals surface area contributed by atoms with Crippen LogP contribution in [0.2, 0.25) is 0 Å². The molecule has 3 nitrogen and oxygen atoms in total. The molecule has 2 aliphatic rings. The van der Waals surface area contributed by atoms with E-state index in [-0.39, 0.29) is 5.41 Å². The predicted molar refractivity (Wildman–Crippen MR) is 68.0 cm³/mol. The van der Waals surface area contributed by atoms with E-state index in [1.807, 2.05) is 20.8 Å². The Morgan fingerprint density at radius 1 is 1.35 bits per heavy atom. The van der Waals surface area contributed by atoms with Gasteiger partial charge in [0.05, 0.1) is 12.7 Å². The van der Waals surface area contributed by atoms with Crippen LogP contribution in [-0.2, 0) is 9.53 Å². The van der Waals surface area contributed by atoms with Crippen molar-refractivity contribution in [3.63, 3.8) is 0 Å². The molecule has 1 heterocycles. The van der Waals surface area contributed by atoms with Gasteiger partial charge < -0.3 is 4.74 Å². The van der Waals surface area contributed by atoms with Gasteiger partial charge in [-0.05, 0) is 19.3 Å². The molecule has 1 saturated heterocycles. The molecule has 0 aromatic rings. The molecule has 2 atom stereocenters. The summed E-state index contributed by atoms with van der Waals surface area (Å²) in [4.78, 5) is 14.4. The lowest BCUT2D eigenvalue weighted by Gasteiger charge is -2.37. The normalized spacial score (nSPS) is 30.3. The molecule has 1 aliphatic heterocycles. The number of carbonyl (C=O) groups is 1. The molecule has 0 spiro atoms. The Labute approximate surface area is 105 Å². The Morgan fingerprint density at radius 2 is 2.12 bits per heavy atom. The second kappa shape index (κ2) is 5.07. The van der Waals surface area contributed by atoms with E-state index in [0.717, 1.165) is 19.7 Å². The molecule has 1 saturated carbocycles. The topological polar surface area (TPSA) is 29.5 Å². The minimum atomic E-state index is -0.193. The van der Waals surface area contributed by atoms with Crippen molar-refractivity contribution < 1.29 is 9.53 Å². The van der Waals surface area contributed by atoms with Crippen molar-refractivity contribution >= 4 is 5.78 Å². The molecule has 98 valence electrons. The van der Waals surface area contributed by atoms with Crippen molar-refractivity contribution in [3.8, 4) is 0 Å². The van der Waals surface area contributed by atoms with E-state index in [9.17, 15) is 4.79 Å². The fourth-order valence-electron chi connectivity index (χ4n) is 2.90. The first-order valence-electron chi connectivity index (χ1n) is 6.87. The highest BCUT2D eigenvalue weighted by Gasteiger charge is 2.36. The molecule has 0 aromatic heterocycles. The summed E-state index contributed by atoms with van der Waals surface area (Å²) < 4.78 is 5.78. The average Bonchev–Trinajstić information content (AvgIpc) is 2.72. The Bertz CT molecular complexity index is 282. The van der Waals surface area contributed by atoms with E-state index >= 15 is 0 Å². The van der Waals surface area contributed by atoms with Crippen LogP contribution in [0.15, 0.2) is 0 Å². The highest BCUT2D eigenvalue weighted by Crippen LogP contribution is 2.30. The molecule has 2 fully saturated rings. The van der Waals surface area contributed by atoms with Gasteiger partial charge in [-0.15, -0.1) is 0 Å². The van der Waals surface area contributed by atoms with E-state index in [2.05, 4.69) is 4.90 Å². The standard InChI is InChI=1S/C14H25NO2/c1-14(2,3)13(16)7-8-15-9-10-17-12-6-4-5-11(12)15/h11-12H,4-10H2,1-3H3. The smallest absolute Gasteiger partial charge is 0.139 e. The maximum absolute atomic E-state index is 11.9. The predicted octanol–water partition coefficient (Wildman–Crippen LogP) is 2.25. The number of nitrogens with zero attached hydrogens (tertiary/aromatic N) is 1. The van der Waals surface area contributed by atoms with E-state index in [1.165, 1.54) is 19.3 Å². The summed E-state index contributed by atoms with van der Waals surface area (Å²) in [5, 5.41) is 0. The third-order valence-electron chi connectivity index (χ3n) is 4.06. The Hall–Kier alpha value is -0.410. The molecule has 0 radical (unpaired) electrons. The molecule has 0 bridgehead atoms. The largest absolute Gasteiger partial charge is 0.375 e. The van der Waals surface area contributed by atoms with Crippen LogP contribution in [0.3, 0.4) is 0 Å². The molecule has 3 heteroatoms. The zero-order chi connectivity index (χ0) is 12.5. The first kappa shape index (κ1) is 13.0. The zero-order valence-electron chi connectivity index (χ0n) is 11.4. The Kier molecular flexibility index (Phi) is 3.88. The molecular weight excluding hydrogens is 214 g/mol. The van der Waals surface area contributed by atoms with Gasteiger partial charge in [-0.25, -0.2) is 0 Å². The molecule has 0 amide bonds. The summed E-state index contributed by atoms with van der Waals surface area (Å²) in [7, 11) is 0. The second-order valence-corrected chi connectivity index (χ2v) is 6.37. The minimum absolute atomic E-state index is 0.193. The van der Waals surface area contributed by atoms with E-state index in [4.69, 9.17) is 4.74 Å². The molecule has 0 N–H and O–H groups in total. The van der Waals surface area contributed by atoms with Crippen molar-refractivity contribution in [3.05, 3.63) is 0 Å². The number of ether oxygens (including phenoxy) is 1. The van der Waals surface area contributed by atoms with Gasteiger partial charge in [-0.1, -0.05) is 20.8 Å². The Morgan fingerprint density at radius 3 is 2.82 bits per heavy atom. The number of hydrogen-bond acceptors (Lipinski definition) is 3. The number of rotatable bonds is 3. The number of Topliss-reactive ketones (excluding diaryl/α,β-unsaturated/α-hetero) is 1. The van der Waals surface area contributed by atoms with Gasteiger partial charge in [0.1, 0.15) is 5.78 Å². The quantitative estimate of drug-likeness (QED) is 0.756. The number of fused-ring (bicyclic) bond motifs is 1. The lowest BCUT2D eigenvalue weighted by molar-refractivity contribution is -0.127. The molecule has 17 heavy (non-hydrogen) atoms. The summed E-state index contributed by atoms with van der Waals surface area (Å²) in [5.41, 5.74) is -0.193. The van der Waals surface area contributed by atoms with E-state index in [1.54, 1.807) is 0 Å². The van der Waals surface area contributed by atoms with Crippen molar-refractivity contribution in [2.24, 2.45) is 5.41 Å². The lowest BCUT2D eigenvalue weighted by Crippen LogP contribution is -2.49. The lowest BCUT2D eigenvalue weighted by atomic mass is 9.89. The van der Waals surface area contributed by atoms with Gasteiger partial charge in [0.15, 0.2) is 0 Å². The number of hydrogen-bond donors (Lipinski definition) is 0. The zero-order valence-corrected chi connectivity index (χ0v) is 11.4. The van der Waals surface area contributed by atoms with E-state index in [0.29, 0.717) is 24.3 Å². The molecule has 2 rings (SSSR count). The van der Waals surface area contributed by atoms with Crippen LogP contribution in [0.1, 0.15) is 46.5 Å². The van der Waals surface area contributed by atoms with Gasteiger partial charge >= 0.3 is 0 Å². The van der Waals surface area contributed by atoms with Crippen LogP contribution >= 0.6 is 0 Å². The first-order valence-corrected chi connectivity index (χ1v) is 6.87. The summed E-state index contributed by atoms with van der Waals surface area (Å²) >= 11 is 0. The van der Waals surface area contributed by atoms with Gasteiger partial charge in [-0.3, -0.25) is 9.69 Å². The van der Waals surface area contributed by atoms with Gasteiger partial charge in [0.25, 0.3) is 0 Å². The van der Waals surface area contributed by atoms with Crippen LogP contribution < -0.4 is 0 Å². The van der Waals surface area contributed by atoms with Crippen LogP contribution in [0.5, 0.6) is 0 Å². The SMILES string of the molecule is CC(C)(C)C(=O)CCN1CCOC2CCCC21. The molecule has 0 aromatic carbocycles. The minimum Gasteiger partial charge on any atom is -0.375 e. The number of carbonyl (C=O) groups excluding carboxylic acids is 1. The summed E-state index contributed by atoms with van der Waals surface area (Å²) in [5.74, 6) is 0.374. The van der Waals surface area contributed by atoms with Crippen molar-refractivity contribution in [1.82, 2.24) is 4.90 Å². The van der Waals surface area contributed by atoms with Crippen LogP contribution in [0.4, 0.5) is 0 Å². The van der Waals surface area contributed by atoms with Gasteiger partial charge in [0, 0.05) is 31.0 Å². The van der Waals surface area contributed by atoms with Gasteiger partial charge in [-0.2, -0.15) is 0 Å². The summed E-state index contributed by atoms with van der Waals surface area (Å²) in [6, 6.07) is 0.580. The fraction of sp³-hybridized carbons (Fsp3) is 0.929. The maximum atomic E-state index is 11.9. The highest BCUT2D eigenvalue weighted by molar-refractivity contribution is 5.83. The van der Waals surface area contributed by atoms with Crippen molar-refractivity contribution in [2.45, 2.75) is 58.6 Å². The summed E-state index contributed by atoms with van der Waals surface area (Å²) in [6.07, 6.45) is 4.85. The monoisotopic (exact) mass is 239 g/mol. The third kappa shape index (κ3) is 3.08. The molecule has 1 aliphatic carbocycles. The number of morpholine rings is 1. The van der Waals surface area contributed by atoms with Crippen molar-refractivity contribution in [2.75, 3.05) is 19.7 Å². The molecule has 2 unspecified atom stereocenters. The van der Waals surface area contributed by atoms with Crippen molar-refractivity contribution in [1.29, 1.82) is 0 Å². The number of ketones is 1. The third-order valence-corrected chi connectivity index (χ3v) is 4.06. The summed E-state index contributed by atoms with van der Waals surface area (Å²) in [6.45, 7) is 8.77.